The van der Waals surface area contributed by atoms with Gasteiger partial charge in [0.1, 0.15) is 8.07 Å². The Morgan fingerprint density at radius 1 is 0.255 bits per heavy atom. The Hall–Kier alpha value is -6.44. The second-order valence-electron chi connectivity index (χ2n) is 12.9. The lowest BCUT2D eigenvalue weighted by atomic mass is 10.1. The quantitative estimate of drug-likeness (QED) is 0.150. The monoisotopic (exact) mass is 674 g/mol. The minimum atomic E-state index is -2.06. The van der Waals surface area contributed by atoms with Gasteiger partial charge in [0.25, 0.3) is 0 Å². The normalized spacial score (nSPS) is 11.3. The Labute approximate surface area is 298 Å². The molecule has 0 bridgehead atoms. The van der Waals surface area contributed by atoms with Crippen LogP contribution in [0, 0.1) is 0 Å². The van der Waals surface area contributed by atoms with Crippen LogP contribution in [0.2, 0.25) is 13.1 Å². The van der Waals surface area contributed by atoms with E-state index >= 15 is 0 Å². The van der Waals surface area contributed by atoms with Gasteiger partial charge in [0.05, 0.1) is 0 Å². The molecule has 51 heavy (non-hydrogen) atoms. The van der Waals surface area contributed by atoms with E-state index in [1.54, 1.807) is 0 Å². The first-order chi connectivity index (χ1) is 25.0. The van der Waals surface area contributed by atoms with Crippen molar-refractivity contribution in [2.45, 2.75) is 13.1 Å². The molecule has 2 aromatic heterocycles. The van der Waals surface area contributed by atoms with Crippen molar-refractivity contribution in [1.82, 2.24) is 29.9 Å². The summed E-state index contributed by atoms with van der Waals surface area (Å²) < 4.78 is 0. The second kappa shape index (κ2) is 13.8. The summed E-state index contributed by atoms with van der Waals surface area (Å²) in [6, 6.07) is 57.7. The smallest absolute Gasteiger partial charge is 0.164 e. The molecule has 0 unspecified atom stereocenters. The van der Waals surface area contributed by atoms with Crippen LogP contribution in [0.3, 0.4) is 0 Å². The van der Waals surface area contributed by atoms with E-state index < -0.39 is 8.07 Å². The first kappa shape index (κ1) is 31.8. The Balaban J connectivity index is 1.10. The summed E-state index contributed by atoms with van der Waals surface area (Å²) in [5.74, 6) is 3.93. The largest absolute Gasteiger partial charge is 0.208 e. The predicted molar refractivity (Wildman–Crippen MR) is 209 cm³/mol. The van der Waals surface area contributed by atoms with E-state index in [4.69, 9.17) is 29.9 Å². The maximum absolute atomic E-state index is 4.91. The Morgan fingerprint density at radius 3 is 0.667 bits per heavy atom. The molecule has 0 fully saturated rings. The summed E-state index contributed by atoms with van der Waals surface area (Å²) in [6.45, 7) is 4.76. The fraction of sp³-hybridized carbons (Fsp3) is 0.0455. The van der Waals surface area contributed by atoms with Crippen molar-refractivity contribution in [3.63, 3.8) is 0 Å². The van der Waals surface area contributed by atoms with Crippen molar-refractivity contribution in [3.05, 3.63) is 170 Å². The standard InChI is InChI=1S/C44H34N6Si/c1-51(2,37-27-23-35(24-28-37)43-47-39(31-15-7-3-8-16-31)45-40(48-43)32-17-9-4-10-18-32)38-29-25-36(26-30-38)44-49-41(33-19-11-5-12-20-33)46-42(50-44)34-21-13-6-14-22-34/h3-30H,1-2H3. The molecule has 0 saturated heterocycles. The average Bonchev–Trinajstić information content (AvgIpc) is 3.22. The number of benzene rings is 6. The maximum atomic E-state index is 4.91. The molecule has 0 aliphatic heterocycles. The van der Waals surface area contributed by atoms with Crippen molar-refractivity contribution >= 4 is 18.4 Å². The van der Waals surface area contributed by atoms with Crippen molar-refractivity contribution in [2.24, 2.45) is 0 Å². The molecular formula is C44H34N6Si. The molecule has 8 aromatic rings. The number of nitrogens with zero attached hydrogens (tertiary/aromatic N) is 6. The van der Waals surface area contributed by atoms with Crippen LogP contribution in [0.1, 0.15) is 0 Å². The van der Waals surface area contributed by atoms with Gasteiger partial charge >= 0.3 is 0 Å². The zero-order valence-electron chi connectivity index (χ0n) is 28.3. The molecule has 0 radical (unpaired) electrons. The van der Waals surface area contributed by atoms with E-state index in [1.807, 2.05) is 121 Å². The molecule has 8 rings (SSSR count). The van der Waals surface area contributed by atoms with E-state index in [0.717, 1.165) is 33.4 Å². The van der Waals surface area contributed by atoms with Crippen molar-refractivity contribution in [2.75, 3.05) is 0 Å². The van der Waals surface area contributed by atoms with Crippen molar-refractivity contribution in [3.8, 4) is 68.3 Å². The van der Waals surface area contributed by atoms with E-state index in [-0.39, 0.29) is 0 Å². The first-order valence-electron chi connectivity index (χ1n) is 17.0. The number of rotatable bonds is 8. The van der Waals surface area contributed by atoms with Crippen LogP contribution in [0.5, 0.6) is 0 Å². The zero-order valence-corrected chi connectivity index (χ0v) is 29.3. The van der Waals surface area contributed by atoms with Crippen LogP contribution in [-0.4, -0.2) is 38.0 Å². The van der Waals surface area contributed by atoms with Crippen molar-refractivity contribution in [1.29, 1.82) is 0 Å². The minimum absolute atomic E-state index is 0.653. The molecule has 2 heterocycles. The fourth-order valence-electron chi connectivity index (χ4n) is 6.11. The van der Waals surface area contributed by atoms with Gasteiger partial charge in [-0.1, -0.05) is 193 Å². The highest BCUT2D eigenvalue weighted by atomic mass is 28.3. The molecule has 6 aromatic carbocycles. The van der Waals surface area contributed by atoms with E-state index in [2.05, 4.69) is 61.6 Å². The zero-order chi connectivity index (χ0) is 34.6. The van der Waals surface area contributed by atoms with Gasteiger partial charge in [0.15, 0.2) is 34.9 Å². The number of aromatic nitrogens is 6. The molecule has 6 nitrogen and oxygen atoms in total. The average molecular weight is 675 g/mol. The highest BCUT2D eigenvalue weighted by Gasteiger charge is 2.26. The summed E-state index contributed by atoms with van der Waals surface area (Å²) in [5.41, 5.74) is 5.73. The third kappa shape index (κ3) is 6.75. The van der Waals surface area contributed by atoms with Gasteiger partial charge in [0.2, 0.25) is 0 Å². The summed E-state index contributed by atoms with van der Waals surface area (Å²) in [7, 11) is -2.06. The molecule has 244 valence electrons. The third-order valence-electron chi connectivity index (χ3n) is 9.13. The lowest BCUT2D eigenvalue weighted by molar-refractivity contribution is 1.07. The Kier molecular flexibility index (Phi) is 8.62. The predicted octanol–water partition coefficient (Wildman–Crippen LogP) is 8.88. The number of hydrogen-bond donors (Lipinski definition) is 0. The molecule has 7 heteroatoms. The fourth-order valence-corrected chi connectivity index (χ4v) is 8.45. The number of hydrogen-bond acceptors (Lipinski definition) is 6. The molecule has 0 atom stereocenters. The maximum Gasteiger partial charge on any atom is 0.164 e. The van der Waals surface area contributed by atoms with Gasteiger partial charge < -0.3 is 0 Å². The van der Waals surface area contributed by atoms with Gasteiger partial charge in [-0.25, -0.2) is 29.9 Å². The second-order valence-corrected chi connectivity index (χ2v) is 17.3. The van der Waals surface area contributed by atoms with Crippen LogP contribution in [-0.2, 0) is 0 Å². The molecular weight excluding hydrogens is 641 g/mol. The van der Waals surface area contributed by atoms with Gasteiger partial charge in [-0.3, -0.25) is 0 Å². The lowest BCUT2D eigenvalue weighted by Crippen LogP contribution is -2.52. The molecule has 0 aliphatic rings. The first-order valence-corrected chi connectivity index (χ1v) is 20.0. The van der Waals surface area contributed by atoms with Crippen molar-refractivity contribution < 1.29 is 0 Å². The summed E-state index contributed by atoms with van der Waals surface area (Å²) in [4.78, 5) is 29.3. The highest BCUT2D eigenvalue weighted by Crippen LogP contribution is 2.26. The third-order valence-corrected chi connectivity index (χ3v) is 12.7. The highest BCUT2D eigenvalue weighted by molar-refractivity contribution is 7.00. The van der Waals surface area contributed by atoms with Crippen LogP contribution >= 0.6 is 0 Å². The SMILES string of the molecule is C[Si](C)(c1ccc(-c2nc(-c3ccccc3)nc(-c3ccccc3)n2)cc1)c1ccc(-c2nc(-c3ccccc3)nc(-c3ccccc3)n2)cc1. The van der Waals surface area contributed by atoms with E-state index in [1.165, 1.54) is 10.4 Å². The molecule has 0 N–H and O–H groups in total. The lowest BCUT2D eigenvalue weighted by Gasteiger charge is -2.24. The summed E-state index contributed by atoms with van der Waals surface area (Å²) >= 11 is 0. The van der Waals surface area contributed by atoms with E-state index in [0.29, 0.717) is 34.9 Å². The van der Waals surface area contributed by atoms with Gasteiger partial charge in [-0.2, -0.15) is 0 Å². The Bertz CT molecular complexity index is 2120. The minimum Gasteiger partial charge on any atom is -0.208 e. The summed E-state index contributed by atoms with van der Waals surface area (Å²) in [5, 5.41) is 2.63. The Morgan fingerprint density at radius 2 is 0.451 bits per heavy atom. The van der Waals surface area contributed by atoms with Crippen LogP contribution in [0.25, 0.3) is 68.3 Å². The van der Waals surface area contributed by atoms with Gasteiger partial charge in [-0.15, -0.1) is 0 Å². The van der Waals surface area contributed by atoms with Gasteiger partial charge in [-0.05, 0) is 0 Å². The molecule has 0 aliphatic carbocycles. The van der Waals surface area contributed by atoms with Gasteiger partial charge in [0, 0.05) is 33.4 Å². The van der Waals surface area contributed by atoms with Crippen LogP contribution in [0.15, 0.2) is 170 Å². The topological polar surface area (TPSA) is 77.3 Å². The van der Waals surface area contributed by atoms with Crippen LogP contribution in [0.4, 0.5) is 0 Å². The molecule has 0 saturated carbocycles. The van der Waals surface area contributed by atoms with Crippen LogP contribution < -0.4 is 10.4 Å². The molecule has 0 amide bonds. The van der Waals surface area contributed by atoms with E-state index in [9.17, 15) is 0 Å². The molecule has 0 spiro atoms. The summed E-state index contributed by atoms with van der Waals surface area (Å²) in [6.07, 6.45) is 0.